The highest BCUT2D eigenvalue weighted by atomic mass is 16.2. The first kappa shape index (κ1) is 12.6. The molecule has 0 bridgehead atoms. The minimum atomic E-state index is 0.0584. The summed E-state index contributed by atoms with van der Waals surface area (Å²) in [6.07, 6.45) is 0. The molecule has 0 aliphatic rings. The molecule has 3 nitrogen and oxygen atoms in total. The summed E-state index contributed by atoms with van der Waals surface area (Å²) < 4.78 is 0. The first-order valence-electron chi connectivity index (χ1n) is 5.56. The monoisotopic (exact) mass is 220 g/mol. The van der Waals surface area contributed by atoms with Gasteiger partial charge in [-0.2, -0.15) is 0 Å². The molecule has 0 atom stereocenters. The molecule has 0 aliphatic heterocycles. The molecule has 0 spiro atoms. The summed E-state index contributed by atoms with van der Waals surface area (Å²) >= 11 is 0. The van der Waals surface area contributed by atoms with Crippen LogP contribution in [0.15, 0.2) is 24.3 Å². The van der Waals surface area contributed by atoms with E-state index in [0.717, 1.165) is 12.1 Å². The molecule has 2 amide bonds. The summed E-state index contributed by atoms with van der Waals surface area (Å²) in [4.78, 5) is 15.2. The van der Waals surface area contributed by atoms with Crippen LogP contribution in [0.25, 0.3) is 0 Å². The van der Waals surface area contributed by atoms with Crippen molar-refractivity contribution in [1.29, 1.82) is 0 Å². The Morgan fingerprint density at radius 2 is 1.69 bits per heavy atom. The van der Waals surface area contributed by atoms with Gasteiger partial charge in [-0.3, -0.25) is 0 Å². The Morgan fingerprint density at radius 1 is 1.12 bits per heavy atom. The van der Waals surface area contributed by atoms with Crippen LogP contribution in [0.3, 0.4) is 0 Å². The maximum atomic E-state index is 11.8. The number of hydrogen-bond acceptors (Lipinski definition) is 1. The number of rotatable bonds is 3. The van der Waals surface area contributed by atoms with Crippen molar-refractivity contribution in [2.75, 3.05) is 20.6 Å². The molecule has 0 heterocycles. The van der Waals surface area contributed by atoms with Crippen LogP contribution in [-0.2, 0) is 6.54 Å². The van der Waals surface area contributed by atoms with E-state index in [2.05, 4.69) is 31.2 Å². The largest absolute Gasteiger partial charge is 0.328 e. The summed E-state index contributed by atoms with van der Waals surface area (Å²) in [5.41, 5.74) is 2.40. The third-order valence-electron chi connectivity index (χ3n) is 2.67. The quantitative estimate of drug-likeness (QED) is 0.767. The van der Waals surface area contributed by atoms with Gasteiger partial charge in [0.05, 0.1) is 0 Å². The van der Waals surface area contributed by atoms with Crippen LogP contribution in [0.4, 0.5) is 4.79 Å². The van der Waals surface area contributed by atoms with Crippen LogP contribution in [-0.4, -0.2) is 36.5 Å². The Hall–Kier alpha value is -1.51. The molecule has 0 radical (unpaired) electrons. The molecule has 0 N–H and O–H groups in total. The second-order valence-corrected chi connectivity index (χ2v) is 4.14. The fraction of sp³-hybridized carbons (Fsp3) is 0.462. The Balaban J connectivity index is 2.60. The molecule has 3 heteroatoms. The number of carbonyl (C=O) groups is 1. The highest BCUT2D eigenvalue weighted by molar-refractivity contribution is 5.73. The first-order valence-corrected chi connectivity index (χ1v) is 5.56. The van der Waals surface area contributed by atoms with Crippen LogP contribution in [0.2, 0.25) is 0 Å². The third-order valence-corrected chi connectivity index (χ3v) is 2.67. The highest BCUT2D eigenvalue weighted by Crippen LogP contribution is 2.07. The maximum Gasteiger partial charge on any atom is 0.319 e. The minimum Gasteiger partial charge on any atom is -0.328 e. The van der Waals surface area contributed by atoms with Gasteiger partial charge < -0.3 is 9.80 Å². The van der Waals surface area contributed by atoms with Gasteiger partial charge in [0.1, 0.15) is 0 Å². The lowest BCUT2D eigenvalue weighted by Gasteiger charge is -2.23. The Bertz CT molecular complexity index is 345. The van der Waals surface area contributed by atoms with Crippen LogP contribution < -0.4 is 0 Å². The fourth-order valence-corrected chi connectivity index (χ4v) is 1.46. The molecular formula is C13H20N2O. The van der Waals surface area contributed by atoms with E-state index in [0.29, 0.717) is 6.54 Å². The fourth-order valence-electron chi connectivity index (χ4n) is 1.46. The predicted molar refractivity (Wildman–Crippen MR) is 66.3 cm³/mol. The van der Waals surface area contributed by atoms with E-state index in [9.17, 15) is 4.79 Å². The summed E-state index contributed by atoms with van der Waals surface area (Å²) in [5, 5.41) is 0. The number of amides is 2. The molecule has 1 rings (SSSR count). The first-order chi connectivity index (χ1) is 7.54. The summed E-state index contributed by atoms with van der Waals surface area (Å²) in [7, 11) is 3.64. The van der Waals surface area contributed by atoms with Crippen molar-refractivity contribution in [3.8, 4) is 0 Å². The molecule has 0 unspecified atom stereocenters. The normalized spacial score (nSPS) is 10.0. The van der Waals surface area contributed by atoms with E-state index in [-0.39, 0.29) is 6.03 Å². The minimum absolute atomic E-state index is 0.0584. The lowest BCUT2D eigenvalue weighted by Crippen LogP contribution is -2.38. The van der Waals surface area contributed by atoms with Crippen molar-refractivity contribution in [3.05, 3.63) is 35.4 Å². The number of aryl methyl sites for hydroxylation is 1. The Morgan fingerprint density at radius 3 is 2.19 bits per heavy atom. The van der Waals surface area contributed by atoms with Crippen molar-refractivity contribution >= 4 is 6.03 Å². The number of urea groups is 1. The molecule has 0 saturated heterocycles. The van der Waals surface area contributed by atoms with Crippen molar-refractivity contribution in [2.24, 2.45) is 0 Å². The molecule has 16 heavy (non-hydrogen) atoms. The number of nitrogens with zero attached hydrogens (tertiary/aromatic N) is 2. The van der Waals surface area contributed by atoms with Crippen molar-refractivity contribution in [1.82, 2.24) is 9.80 Å². The van der Waals surface area contributed by atoms with Gasteiger partial charge in [-0.25, -0.2) is 4.79 Å². The Kier molecular flexibility index (Phi) is 4.35. The molecule has 0 saturated carbocycles. The topological polar surface area (TPSA) is 23.6 Å². The van der Waals surface area contributed by atoms with E-state index in [1.54, 1.807) is 9.80 Å². The second-order valence-electron chi connectivity index (χ2n) is 4.14. The second kappa shape index (κ2) is 5.54. The van der Waals surface area contributed by atoms with Gasteiger partial charge in [-0.05, 0) is 19.4 Å². The number of benzene rings is 1. The van der Waals surface area contributed by atoms with Gasteiger partial charge >= 0.3 is 6.03 Å². The zero-order valence-electron chi connectivity index (χ0n) is 10.5. The van der Waals surface area contributed by atoms with Crippen LogP contribution in [0.5, 0.6) is 0 Å². The van der Waals surface area contributed by atoms with Crippen LogP contribution >= 0.6 is 0 Å². The molecule has 1 aromatic carbocycles. The SMILES string of the molecule is CCN(C)C(=O)N(C)Cc1ccc(C)cc1. The van der Waals surface area contributed by atoms with Gasteiger partial charge in [0.25, 0.3) is 0 Å². The molecular weight excluding hydrogens is 200 g/mol. The van der Waals surface area contributed by atoms with Gasteiger partial charge in [-0.15, -0.1) is 0 Å². The van der Waals surface area contributed by atoms with Gasteiger partial charge in [0, 0.05) is 27.2 Å². The van der Waals surface area contributed by atoms with Crippen LogP contribution in [0.1, 0.15) is 18.1 Å². The molecule has 1 aromatic rings. The highest BCUT2D eigenvalue weighted by Gasteiger charge is 2.12. The third kappa shape index (κ3) is 3.26. The maximum absolute atomic E-state index is 11.8. The van der Waals surface area contributed by atoms with E-state index < -0.39 is 0 Å². The van der Waals surface area contributed by atoms with Gasteiger partial charge in [0.2, 0.25) is 0 Å². The van der Waals surface area contributed by atoms with Gasteiger partial charge in [0.15, 0.2) is 0 Å². The van der Waals surface area contributed by atoms with E-state index in [4.69, 9.17) is 0 Å². The van der Waals surface area contributed by atoms with Gasteiger partial charge in [-0.1, -0.05) is 29.8 Å². The van der Waals surface area contributed by atoms with Crippen LogP contribution in [0, 0.1) is 6.92 Å². The predicted octanol–water partition coefficient (Wildman–Crippen LogP) is 2.50. The van der Waals surface area contributed by atoms with E-state index in [1.165, 1.54) is 5.56 Å². The van der Waals surface area contributed by atoms with Crippen molar-refractivity contribution in [3.63, 3.8) is 0 Å². The van der Waals surface area contributed by atoms with Crippen molar-refractivity contribution in [2.45, 2.75) is 20.4 Å². The summed E-state index contributed by atoms with van der Waals surface area (Å²) in [6.45, 7) is 5.42. The smallest absolute Gasteiger partial charge is 0.319 e. The van der Waals surface area contributed by atoms with E-state index in [1.807, 2.05) is 21.0 Å². The summed E-state index contributed by atoms with van der Waals surface area (Å²) in [5.74, 6) is 0. The average Bonchev–Trinajstić information content (AvgIpc) is 2.30. The standard InChI is InChI=1S/C13H20N2O/c1-5-14(3)13(16)15(4)10-12-8-6-11(2)7-9-12/h6-9H,5,10H2,1-4H3. The molecule has 88 valence electrons. The van der Waals surface area contributed by atoms with E-state index >= 15 is 0 Å². The lowest BCUT2D eigenvalue weighted by atomic mass is 10.1. The number of hydrogen-bond donors (Lipinski definition) is 0. The molecule has 0 aromatic heterocycles. The zero-order chi connectivity index (χ0) is 12.1. The lowest BCUT2D eigenvalue weighted by molar-refractivity contribution is 0.173. The molecule has 0 aliphatic carbocycles. The van der Waals surface area contributed by atoms with Crippen molar-refractivity contribution < 1.29 is 4.79 Å². The molecule has 0 fully saturated rings. The average molecular weight is 220 g/mol. The summed E-state index contributed by atoms with van der Waals surface area (Å²) in [6, 6.07) is 8.31. The zero-order valence-corrected chi connectivity index (χ0v) is 10.5. The number of carbonyl (C=O) groups excluding carboxylic acids is 1. The Labute approximate surface area is 97.7 Å².